The molecule has 0 aromatic carbocycles. The number of nitrogens with two attached hydrogens (primary N) is 1. The fourth-order valence-electron chi connectivity index (χ4n) is 1.41. The number of hydrogen-bond donors (Lipinski definition) is 2. The van der Waals surface area contributed by atoms with Crippen molar-refractivity contribution in [2.24, 2.45) is 11.7 Å². The van der Waals surface area contributed by atoms with Gasteiger partial charge in [-0.2, -0.15) is 0 Å². The Morgan fingerprint density at radius 2 is 2.07 bits per heavy atom. The zero-order valence-corrected chi connectivity index (χ0v) is 9.58. The summed E-state index contributed by atoms with van der Waals surface area (Å²) >= 11 is 0. The molecule has 0 heterocycles. The van der Waals surface area contributed by atoms with Gasteiger partial charge in [-0.3, -0.25) is 4.79 Å². The van der Waals surface area contributed by atoms with Gasteiger partial charge >= 0.3 is 0 Å². The van der Waals surface area contributed by atoms with E-state index in [9.17, 15) is 9.90 Å². The Hall–Kier alpha value is -0.610. The summed E-state index contributed by atoms with van der Waals surface area (Å²) in [6, 6.07) is 0. The van der Waals surface area contributed by atoms with Gasteiger partial charge in [0, 0.05) is 20.1 Å². The molecule has 0 bridgehead atoms. The van der Waals surface area contributed by atoms with E-state index in [0.29, 0.717) is 13.1 Å². The van der Waals surface area contributed by atoms with Crippen LogP contribution in [0, 0.1) is 5.92 Å². The number of carbonyl (C=O) groups is 1. The number of likely N-dealkylation sites (N-methyl/N-ethyl adjacent to an activating group) is 1. The topological polar surface area (TPSA) is 66.6 Å². The van der Waals surface area contributed by atoms with Gasteiger partial charge in [0.15, 0.2) is 0 Å². The number of amides is 1. The van der Waals surface area contributed by atoms with E-state index in [0.717, 1.165) is 6.42 Å². The van der Waals surface area contributed by atoms with Gasteiger partial charge in [-0.15, -0.1) is 0 Å². The van der Waals surface area contributed by atoms with Crippen molar-refractivity contribution in [1.82, 2.24) is 4.90 Å². The number of aliphatic hydroxyl groups is 1. The summed E-state index contributed by atoms with van der Waals surface area (Å²) in [7, 11) is 1.69. The molecule has 1 atom stereocenters. The van der Waals surface area contributed by atoms with Gasteiger partial charge < -0.3 is 15.7 Å². The Morgan fingerprint density at radius 1 is 1.57 bits per heavy atom. The van der Waals surface area contributed by atoms with E-state index < -0.39 is 5.60 Å². The number of rotatable bonds is 5. The number of carbonyl (C=O) groups excluding carboxylic acids is 1. The third-order valence-electron chi connectivity index (χ3n) is 2.13. The molecule has 0 rings (SSSR count). The van der Waals surface area contributed by atoms with Crippen LogP contribution in [0.25, 0.3) is 0 Å². The average molecular weight is 202 g/mol. The first-order valence-electron chi connectivity index (χ1n) is 4.99. The Balaban J connectivity index is 4.24. The van der Waals surface area contributed by atoms with Crippen LogP contribution in [0.1, 0.15) is 27.2 Å². The maximum absolute atomic E-state index is 11.7. The van der Waals surface area contributed by atoms with Crippen molar-refractivity contribution in [3.8, 4) is 0 Å². The molecule has 0 radical (unpaired) electrons. The Bertz CT molecular complexity index is 183. The molecule has 1 unspecified atom stereocenters. The molecule has 3 N–H and O–H groups in total. The maximum atomic E-state index is 11.7. The van der Waals surface area contributed by atoms with Crippen LogP contribution in [-0.2, 0) is 4.79 Å². The lowest BCUT2D eigenvalue weighted by Gasteiger charge is -2.28. The van der Waals surface area contributed by atoms with Crippen molar-refractivity contribution >= 4 is 5.91 Å². The largest absolute Gasteiger partial charge is 0.389 e. The van der Waals surface area contributed by atoms with Crippen molar-refractivity contribution in [2.75, 3.05) is 20.1 Å². The highest BCUT2D eigenvalue weighted by atomic mass is 16.3. The van der Waals surface area contributed by atoms with E-state index in [1.807, 2.05) is 6.92 Å². The molecule has 84 valence electrons. The molecule has 0 saturated carbocycles. The lowest BCUT2D eigenvalue weighted by Crippen LogP contribution is -2.43. The molecule has 0 aromatic heterocycles. The van der Waals surface area contributed by atoms with E-state index in [-0.39, 0.29) is 11.8 Å². The van der Waals surface area contributed by atoms with Crippen molar-refractivity contribution in [2.45, 2.75) is 32.8 Å². The second-order valence-corrected chi connectivity index (χ2v) is 4.35. The van der Waals surface area contributed by atoms with Gasteiger partial charge in [-0.25, -0.2) is 0 Å². The molecule has 0 aliphatic rings. The van der Waals surface area contributed by atoms with Crippen LogP contribution >= 0.6 is 0 Å². The average Bonchev–Trinajstić information content (AvgIpc) is 2.03. The van der Waals surface area contributed by atoms with Gasteiger partial charge in [0.05, 0.1) is 11.5 Å². The molecule has 1 amide bonds. The standard InChI is InChI=1S/C10H22N2O2/c1-5-8(6-11)9(13)12(4)7-10(2,3)14/h8,14H,5-7,11H2,1-4H3. The van der Waals surface area contributed by atoms with E-state index in [1.165, 1.54) is 0 Å². The summed E-state index contributed by atoms with van der Waals surface area (Å²) in [5, 5.41) is 9.54. The molecule has 4 heteroatoms. The first-order valence-corrected chi connectivity index (χ1v) is 4.99. The number of nitrogens with zero attached hydrogens (tertiary/aromatic N) is 1. The normalized spacial score (nSPS) is 13.9. The molecule has 0 saturated heterocycles. The summed E-state index contributed by atoms with van der Waals surface area (Å²) < 4.78 is 0. The molecule has 0 aromatic rings. The van der Waals surface area contributed by atoms with Crippen molar-refractivity contribution < 1.29 is 9.90 Å². The number of hydrogen-bond acceptors (Lipinski definition) is 3. The van der Waals surface area contributed by atoms with Crippen LogP contribution in [-0.4, -0.2) is 41.7 Å². The Labute approximate surface area is 86.1 Å². The highest BCUT2D eigenvalue weighted by Gasteiger charge is 2.23. The molecular weight excluding hydrogens is 180 g/mol. The molecule has 0 aliphatic heterocycles. The zero-order chi connectivity index (χ0) is 11.4. The van der Waals surface area contributed by atoms with Crippen LogP contribution in [0.15, 0.2) is 0 Å². The predicted octanol–water partition coefficient (Wildman–Crippen LogP) is 0.201. The van der Waals surface area contributed by atoms with Crippen molar-refractivity contribution in [1.29, 1.82) is 0 Å². The lowest BCUT2D eigenvalue weighted by molar-refractivity contribution is -0.136. The Kier molecular flexibility index (Phi) is 5.08. The quantitative estimate of drug-likeness (QED) is 0.669. The second-order valence-electron chi connectivity index (χ2n) is 4.35. The molecule has 4 nitrogen and oxygen atoms in total. The highest BCUT2D eigenvalue weighted by Crippen LogP contribution is 2.09. The van der Waals surface area contributed by atoms with Gasteiger partial charge in [-0.05, 0) is 20.3 Å². The van der Waals surface area contributed by atoms with Crippen LogP contribution < -0.4 is 5.73 Å². The van der Waals surface area contributed by atoms with Crippen molar-refractivity contribution in [3.63, 3.8) is 0 Å². The van der Waals surface area contributed by atoms with Crippen LogP contribution in [0.4, 0.5) is 0 Å². The maximum Gasteiger partial charge on any atom is 0.226 e. The fraction of sp³-hybridized carbons (Fsp3) is 0.900. The smallest absolute Gasteiger partial charge is 0.226 e. The van der Waals surface area contributed by atoms with Crippen LogP contribution in [0.3, 0.4) is 0 Å². The molecular formula is C10H22N2O2. The SMILES string of the molecule is CCC(CN)C(=O)N(C)CC(C)(C)O. The lowest BCUT2D eigenvalue weighted by atomic mass is 10.0. The van der Waals surface area contributed by atoms with E-state index in [2.05, 4.69) is 0 Å². The molecule has 0 aliphatic carbocycles. The second kappa shape index (κ2) is 5.32. The minimum atomic E-state index is -0.850. The molecule has 0 fully saturated rings. The third kappa shape index (κ3) is 4.58. The fourth-order valence-corrected chi connectivity index (χ4v) is 1.41. The van der Waals surface area contributed by atoms with Gasteiger partial charge in [0.1, 0.15) is 0 Å². The highest BCUT2D eigenvalue weighted by molar-refractivity contribution is 5.78. The van der Waals surface area contributed by atoms with E-state index in [1.54, 1.807) is 25.8 Å². The minimum Gasteiger partial charge on any atom is -0.389 e. The van der Waals surface area contributed by atoms with Gasteiger partial charge in [0.25, 0.3) is 0 Å². The molecule has 0 spiro atoms. The van der Waals surface area contributed by atoms with Gasteiger partial charge in [0.2, 0.25) is 5.91 Å². The summed E-state index contributed by atoms with van der Waals surface area (Å²) in [5.41, 5.74) is 4.63. The first-order chi connectivity index (χ1) is 6.31. The zero-order valence-electron chi connectivity index (χ0n) is 9.58. The predicted molar refractivity (Wildman–Crippen MR) is 56.8 cm³/mol. The van der Waals surface area contributed by atoms with Crippen LogP contribution in [0.2, 0.25) is 0 Å². The van der Waals surface area contributed by atoms with Gasteiger partial charge in [-0.1, -0.05) is 6.92 Å². The van der Waals surface area contributed by atoms with Crippen molar-refractivity contribution in [3.05, 3.63) is 0 Å². The summed E-state index contributed by atoms with van der Waals surface area (Å²) in [6.45, 7) is 6.00. The van der Waals surface area contributed by atoms with E-state index in [4.69, 9.17) is 5.73 Å². The summed E-state index contributed by atoms with van der Waals surface area (Å²) in [5.74, 6) is -0.112. The van der Waals surface area contributed by atoms with E-state index >= 15 is 0 Å². The minimum absolute atomic E-state index is 0.0112. The summed E-state index contributed by atoms with van der Waals surface area (Å²) in [4.78, 5) is 13.3. The monoisotopic (exact) mass is 202 g/mol. The Morgan fingerprint density at radius 3 is 2.36 bits per heavy atom. The summed E-state index contributed by atoms with van der Waals surface area (Å²) in [6.07, 6.45) is 0.742. The first kappa shape index (κ1) is 13.4. The molecule has 14 heavy (non-hydrogen) atoms. The third-order valence-corrected chi connectivity index (χ3v) is 2.13. The van der Waals surface area contributed by atoms with Crippen LogP contribution in [0.5, 0.6) is 0 Å².